The first-order chi connectivity index (χ1) is 8.75. The second-order valence-corrected chi connectivity index (χ2v) is 5.26. The fraction of sp³-hybridized carbons (Fsp3) is 0.0714. The molecule has 1 aliphatic rings. The van der Waals surface area contributed by atoms with Gasteiger partial charge in [-0.3, -0.25) is 0 Å². The lowest BCUT2D eigenvalue weighted by Crippen LogP contribution is -2.09. The van der Waals surface area contributed by atoms with Crippen molar-refractivity contribution in [2.75, 3.05) is 5.32 Å². The van der Waals surface area contributed by atoms with Crippen molar-refractivity contribution < 1.29 is 0 Å². The van der Waals surface area contributed by atoms with E-state index in [0.29, 0.717) is 5.29 Å². The summed E-state index contributed by atoms with van der Waals surface area (Å²) < 4.78 is 4.12. The van der Waals surface area contributed by atoms with Crippen LogP contribution in [-0.2, 0) is 0 Å². The van der Waals surface area contributed by atoms with Gasteiger partial charge in [-0.1, -0.05) is 36.4 Å². The zero-order chi connectivity index (χ0) is 12.5. The number of benzene rings is 2. The third-order valence-electron chi connectivity index (χ3n) is 2.91. The third-order valence-corrected chi connectivity index (χ3v) is 4.00. The van der Waals surface area contributed by atoms with Crippen molar-refractivity contribution in [2.24, 2.45) is 4.40 Å². The van der Waals surface area contributed by atoms with Gasteiger partial charge in [0.2, 0.25) is 5.29 Å². The summed E-state index contributed by atoms with van der Waals surface area (Å²) in [5.74, 6) is 0. The van der Waals surface area contributed by atoms with Crippen LogP contribution in [0.3, 0.4) is 0 Å². The number of hydrogen-bond acceptors (Lipinski definition) is 3. The third kappa shape index (κ3) is 2.00. The van der Waals surface area contributed by atoms with Crippen molar-refractivity contribution in [2.45, 2.75) is 11.8 Å². The van der Waals surface area contributed by atoms with Crippen LogP contribution in [0.4, 0.5) is 5.69 Å². The van der Waals surface area contributed by atoms with Crippen LogP contribution < -0.4 is 5.32 Å². The molecule has 2 aromatic rings. The zero-order valence-corrected chi connectivity index (χ0v) is 11.3. The molecule has 0 atom stereocenters. The summed E-state index contributed by atoms with van der Waals surface area (Å²) in [6.07, 6.45) is 0. The molecular formula is C14H11ClN2S. The van der Waals surface area contributed by atoms with Gasteiger partial charge in [0.25, 0.3) is 0 Å². The van der Waals surface area contributed by atoms with Crippen molar-refractivity contribution in [1.29, 1.82) is 0 Å². The average Bonchev–Trinajstić information content (AvgIpc) is 2.39. The van der Waals surface area contributed by atoms with Gasteiger partial charge in [-0.2, -0.15) is 4.40 Å². The van der Waals surface area contributed by atoms with E-state index in [1.807, 2.05) is 24.3 Å². The number of rotatable bonds is 1. The molecule has 0 saturated heterocycles. The molecule has 4 heteroatoms. The van der Waals surface area contributed by atoms with Gasteiger partial charge in [-0.15, -0.1) is 0 Å². The van der Waals surface area contributed by atoms with Crippen LogP contribution in [0.1, 0.15) is 5.56 Å². The van der Waals surface area contributed by atoms with E-state index in [2.05, 4.69) is 34.8 Å². The van der Waals surface area contributed by atoms with E-state index in [9.17, 15) is 0 Å². The Morgan fingerprint density at radius 2 is 1.83 bits per heavy atom. The van der Waals surface area contributed by atoms with Crippen LogP contribution in [0, 0.1) is 6.92 Å². The second kappa shape index (κ2) is 4.67. The van der Waals surface area contributed by atoms with Gasteiger partial charge < -0.3 is 5.32 Å². The highest BCUT2D eigenvalue weighted by Gasteiger charge is 2.16. The Balaban J connectivity index is 2.18. The lowest BCUT2D eigenvalue weighted by atomic mass is 9.99. The molecule has 18 heavy (non-hydrogen) atoms. The molecular weight excluding hydrogens is 264 g/mol. The molecule has 1 heterocycles. The van der Waals surface area contributed by atoms with Crippen LogP contribution in [0.5, 0.6) is 0 Å². The molecule has 0 fully saturated rings. The molecule has 0 amide bonds. The smallest absolute Gasteiger partial charge is 0.207 e. The fourth-order valence-electron chi connectivity index (χ4n) is 2.05. The molecule has 0 aromatic heterocycles. The van der Waals surface area contributed by atoms with E-state index in [0.717, 1.165) is 16.1 Å². The van der Waals surface area contributed by atoms with Crippen LogP contribution in [0.15, 0.2) is 51.8 Å². The SMILES string of the molecule is Cc1ccccc1-c1cccc2c1NC(Cl)=NS2. The Labute approximate surface area is 115 Å². The van der Waals surface area contributed by atoms with E-state index in [1.165, 1.54) is 23.1 Å². The van der Waals surface area contributed by atoms with Gasteiger partial charge in [0.05, 0.1) is 10.6 Å². The summed E-state index contributed by atoms with van der Waals surface area (Å²) >= 11 is 7.37. The Hall–Kier alpha value is -1.45. The first kappa shape index (κ1) is 11.6. The predicted molar refractivity (Wildman–Crippen MR) is 79.4 cm³/mol. The zero-order valence-electron chi connectivity index (χ0n) is 9.77. The minimum Gasteiger partial charge on any atom is -0.328 e. The van der Waals surface area contributed by atoms with Gasteiger partial charge in [0, 0.05) is 17.5 Å². The highest BCUT2D eigenvalue weighted by atomic mass is 35.5. The van der Waals surface area contributed by atoms with Crippen LogP contribution in [-0.4, -0.2) is 5.29 Å². The molecule has 0 radical (unpaired) electrons. The number of para-hydroxylation sites is 1. The average molecular weight is 275 g/mol. The Morgan fingerprint density at radius 3 is 2.67 bits per heavy atom. The van der Waals surface area contributed by atoms with Crippen LogP contribution in [0.25, 0.3) is 11.1 Å². The van der Waals surface area contributed by atoms with Gasteiger partial charge in [-0.25, -0.2) is 0 Å². The largest absolute Gasteiger partial charge is 0.328 e. The number of anilines is 1. The van der Waals surface area contributed by atoms with Crippen molar-refractivity contribution in [3.05, 3.63) is 48.0 Å². The molecule has 2 aromatic carbocycles. The maximum atomic E-state index is 5.96. The molecule has 90 valence electrons. The van der Waals surface area contributed by atoms with Crippen molar-refractivity contribution >= 4 is 34.5 Å². The van der Waals surface area contributed by atoms with Crippen molar-refractivity contribution in [3.63, 3.8) is 0 Å². The molecule has 0 unspecified atom stereocenters. The molecule has 0 saturated carbocycles. The number of aryl methyl sites for hydroxylation is 1. The highest BCUT2D eigenvalue weighted by molar-refractivity contribution is 7.98. The molecule has 1 N–H and O–H groups in total. The van der Waals surface area contributed by atoms with Gasteiger partial charge in [0.15, 0.2) is 0 Å². The molecule has 0 bridgehead atoms. The van der Waals surface area contributed by atoms with E-state index >= 15 is 0 Å². The van der Waals surface area contributed by atoms with Crippen molar-refractivity contribution in [3.8, 4) is 11.1 Å². The number of amidine groups is 1. The van der Waals surface area contributed by atoms with Crippen molar-refractivity contribution in [1.82, 2.24) is 0 Å². The summed E-state index contributed by atoms with van der Waals surface area (Å²) in [5, 5.41) is 3.57. The molecule has 1 aliphatic heterocycles. The maximum Gasteiger partial charge on any atom is 0.207 e. The summed E-state index contributed by atoms with van der Waals surface area (Å²) in [6.45, 7) is 2.11. The first-order valence-electron chi connectivity index (χ1n) is 5.62. The summed E-state index contributed by atoms with van der Waals surface area (Å²) in [7, 11) is 0. The van der Waals surface area contributed by atoms with Gasteiger partial charge in [0.1, 0.15) is 0 Å². The standard InChI is InChI=1S/C14H11ClN2S/c1-9-5-2-3-6-10(9)11-7-4-8-12-13(11)16-14(15)17-18-12/h2-8H,1H3,(H,16,17). The van der Waals surface area contributed by atoms with E-state index in [1.54, 1.807) is 0 Å². The lowest BCUT2D eigenvalue weighted by Gasteiger charge is -2.18. The Morgan fingerprint density at radius 1 is 1.06 bits per heavy atom. The quantitative estimate of drug-likeness (QED) is 0.603. The summed E-state index contributed by atoms with van der Waals surface area (Å²) in [4.78, 5) is 1.10. The topological polar surface area (TPSA) is 24.4 Å². The number of nitrogens with zero attached hydrogens (tertiary/aromatic N) is 1. The number of nitrogens with one attached hydrogen (secondary N) is 1. The molecule has 0 aliphatic carbocycles. The number of halogens is 1. The maximum absolute atomic E-state index is 5.96. The normalized spacial score (nSPS) is 13.6. The summed E-state index contributed by atoms with van der Waals surface area (Å²) in [6, 6.07) is 14.5. The van der Waals surface area contributed by atoms with Gasteiger partial charge in [-0.05, 0) is 35.7 Å². The Kier molecular flexibility index (Phi) is 3.02. The highest BCUT2D eigenvalue weighted by Crippen LogP contribution is 2.40. The van der Waals surface area contributed by atoms with E-state index < -0.39 is 0 Å². The monoisotopic (exact) mass is 274 g/mol. The molecule has 0 spiro atoms. The second-order valence-electron chi connectivity index (χ2n) is 4.09. The Bertz CT molecular complexity index is 637. The predicted octanol–water partition coefficient (Wildman–Crippen LogP) is 4.69. The number of fused-ring (bicyclic) bond motifs is 1. The van der Waals surface area contributed by atoms with E-state index in [4.69, 9.17) is 11.6 Å². The molecule has 3 rings (SSSR count). The summed E-state index contributed by atoms with van der Waals surface area (Å²) in [5.41, 5.74) is 4.66. The first-order valence-corrected chi connectivity index (χ1v) is 6.77. The fourth-order valence-corrected chi connectivity index (χ4v) is 2.86. The molecule has 2 nitrogen and oxygen atoms in total. The van der Waals surface area contributed by atoms with Crippen LogP contribution in [0.2, 0.25) is 0 Å². The minimum absolute atomic E-state index is 0.425. The van der Waals surface area contributed by atoms with E-state index in [-0.39, 0.29) is 0 Å². The minimum atomic E-state index is 0.425. The number of hydrogen-bond donors (Lipinski definition) is 1. The lowest BCUT2D eigenvalue weighted by molar-refractivity contribution is 1.39. The van der Waals surface area contributed by atoms with Crippen LogP contribution >= 0.6 is 23.5 Å². The van der Waals surface area contributed by atoms with Gasteiger partial charge >= 0.3 is 0 Å².